The van der Waals surface area contributed by atoms with Crippen LogP contribution in [-0.4, -0.2) is 54.5 Å². The van der Waals surface area contributed by atoms with Crippen molar-refractivity contribution < 1.29 is 14.0 Å². The van der Waals surface area contributed by atoms with Crippen LogP contribution in [0.1, 0.15) is 16.9 Å². The fourth-order valence-corrected chi connectivity index (χ4v) is 3.04. The van der Waals surface area contributed by atoms with Gasteiger partial charge in [0.25, 0.3) is 0 Å². The molecule has 8 heteroatoms. The van der Waals surface area contributed by atoms with Crippen molar-refractivity contribution in [1.29, 1.82) is 5.26 Å². The predicted molar refractivity (Wildman–Crippen MR) is 102 cm³/mol. The average molecular weight is 381 g/mol. The zero-order valence-electron chi connectivity index (χ0n) is 15.6. The Labute approximate surface area is 163 Å². The number of nitrogens with zero attached hydrogens (tertiary/aromatic N) is 3. The summed E-state index contributed by atoms with van der Waals surface area (Å²) in [6.45, 7) is 4.46. The molecule has 2 heterocycles. The van der Waals surface area contributed by atoms with E-state index < -0.39 is 6.03 Å². The number of nitriles is 1. The second kappa shape index (κ2) is 9.69. The number of piperazine rings is 1. The van der Waals surface area contributed by atoms with Crippen LogP contribution in [0.5, 0.6) is 0 Å². The number of amides is 3. The molecule has 2 aromatic rings. The van der Waals surface area contributed by atoms with Gasteiger partial charge in [0, 0.05) is 32.7 Å². The van der Waals surface area contributed by atoms with Gasteiger partial charge in [0.1, 0.15) is 5.76 Å². The Bertz CT molecular complexity index is 819. The van der Waals surface area contributed by atoms with Gasteiger partial charge < -0.3 is 9.73 Å². The molecule has 1 aliphatic rings. The maximum atomic E-state index is 12.0. The van der Waals surface area contributed by atoms with Crippen LogP contribution in [0.4, 0.5) is 4.79 Å². The maximum Gasteiger partial charge on any atom is 0.321 e. The summed E-state index contributed by atoms with van der Waals surface area (Å²) in [5, 5.41) is 13.8. The molecule has 8 nitrogen and oxygen atoms in total. The lowest BCUT2D eigenvalue weighted by Gasteiger charge is -2.34. The summed E-state index contributed by atoms with van der Waals surface area (Å²) in [5.41, 5.74) is 1.83. The van der Waals surface area contributed by atoms with Gasteiger partial charge in [-0.15, -0.1) is 0 Å². The lowest BCUT2D eigenvalue weighted by atomic mass is 10.1. The molecular weight excluding hydrogens is 358 g/mol. The highest BCUT2D eigenvalue weighted by molar-refractivity contribution is 5.95. The third-order valence-corrected chi connectivity index (χ3v) is 4.58. The number of imide groups is 1. The van der Waals surface area contributed by atoms with Gasteiger partial charge in [0.05, 0.1) is 31.0 Å². The van der Waals surface area contributed by atoms with Gasteiger partial charge in [-0.1, -0.05) is 12.1 Å². The van der Waals surface area contributed by atoms with E-state index in [-0.39, 0.29) is 19.0 Å². The minimum Gasteiger partial charge on any atom is -0.467 e. The van der Waals surface area contributed by atoms with E-state index in [0.29, 0.717) is 11.3 Å². The van der Waals surface area contributed by atoms with Crippen molar-refractivity contribution in [1.82, 2.24) is 20.4 Å². The van der Waals surface area contributed by atoms with Gasteiger partial charge in [-0.25, -0.2) is 4.79 Å². The smallest absolute Gasteiger partial charge is 0.321 e. The highest BCUT2D eigenvalue weighted by Gasteiger charge is 2.20. The highest BCUT2D eigenvalue weighted by Crippen LogP contribution is 2.10. The molecule has 3 rings (SSSR count). The number of furan rings is 1. The second-order valence-electron chi connectivity index (χ2n) is 6.67. The van der Waals surface area contributed by atoms with Crippen molar-refractivity contribution >= 4 is 11.9 Å². The van der Waals surface area contributed by atoms with Crippen LogP contribution in [0, 0.1) is 11.3 Å². The van der Waals surface area contributed by atoms with E-state index in [9.17, 15) is 9.59 Å². The van der Waals surface area contributed by atoms with Crippen LogP contribution >= 0.6 is 0 Å². The van der Waals surface area contributed by atoms with Gasteiger partial charge in [-0.3, -0.25) is 19.9 Å². The van der Waals surface area contributed by atoms with E-state index in [1.54, 1.807) is 12.1 Å². The number of carbonyl (C=O) groups excluding carboxylic acids is 2. The van der Waals surface area contributed by atoms with Gasteiger partial charge in [-0.05, 0) is 29.8 Å². The molecule has 3 amide bonds. The van der Waals surface area contributed by atoms with Crippen LogP contribution < -0.4 is 10.6 Å². The third kappa shape index (κ3) is 5.94. The van der Waals surface area contributed by atoms with E-state index in [2.05, 4.69) is 21.6 Å². The molecule has 0 spiro atoms. The Morgan fingerprint density at radius 3 is 2.43 bits per heavy atom. The summed E-state index contributed by atoms with van der Waals surface area (Å²) in [4.78, 5) is 28.1. The molecule has 146 valence electrons. The highest BCUT2D eigenvalue weighted by atomic mass is 16.3. The first-order valence-corrected chi connectivity index (χ1v) is 9.16. The van der Waals surface area contributed by atoms with E-state index in [0.717, 1.165) is 32.7 Å². The normalized spacial score (nSPS) is 15.0. The second-order valence-corrected chi connectivity index (χ2v) is 6.67. The largest absolute Gasteiger partial charge is 0.467 e. The SMILES string of the molecule is N#Cc1ccc(CN2CCN(CC(=O)NC(=O)NCc3ccco3)CC2)cc1. The molecule has 1 fully saturated rings. The van der Waals surface area contributed by atoms with Crippen molar-refractivity contribution in [3.63, 3.8) is 0 Å². The van der Waals surface area contributed by atoms with Crippen LogP contribution in [-0.2, 0) is 17.9 Å². The molecule has 0 atom stereocenters. The Kier molecular flexibility index (Phi) is 6.78. The van der Waals surface area contributed by atoms with E-state index in [4.69, 9.17) is 9.68 Å². The van der Waals surface area contributed by atoms with Crippen LogP contribution in [0.3, 0.4) is 0 Å². The Morgan fingerprint density at radius 2 is 1.79 bits per heavy atom. The molecule has 1 aromatic heterocycles. The van der Waals surface area contributed by atoms with Crippen molar-refractivity contribution in [3.05, 3.63) is 59.5 Å². The van der Waals surface area contributed by atoms with Crippen LogP contribution in [0.2, 0.25) is 0 Å². The molecule has 0 aliphatic carbocycles. The first-order chi connectivity index (χ1) is 13.6. The summed E-state index contributed by atoms with van der Waals surface area (Å²) >= 11 is 0. The van der Waals surface area contributed by atoms with Gasteiger partial charge in [0.2, 0.25) is 5.91 Å². The monoisotopic (exact) mass is 381 g/mol. The molecule has 2 N–H and O–H groups in total. The summed E-state index contributed by atoms with van der Waals surface area (Å²) in [5.74, 6) is 0.304. The minimum absolute atomic E-state index is 0.193. The summed E-state index contributed by atoms with van der Waals surface area (Å²) < 4.78 is 5.12. The minimum atomic E-state index is -0.527. The zero-order valence-corrected chi connectivity index (χ0v) is 15.6. The number of hydrogen-bond acceptors (Lipinski definition) is 6. The molecule has 0 radical (unpaired) electrons. The van der Waals surface area contributed by atoms with E-state index in [1.807, 2.05) is 29.2 Å². The standard InChI is InChI=1S/C20H23N5O3/c21-12-16-3-5-17(6-4-16)14-24-7-9-25(10-8-24)15-19(26)23-20(27)22-13-18-2-1-11-28-18/h1-6,11H,7-10,13-15H2,(H2,22,23,26,27). The van der Waals surface area contributed by atoms with Crippen molar-refractivity contribution in [2.24, 2.45) is 0 Å². The molecule has 1 saturated heterocycles. The van der Waals surface area contributed by atoms with Crippen molar-refractivity contribution in [2.75, 3.05) is 32.7 Å². The number of rotatable bonds is 6. The number of carbonyl (C=O) groups is 2. The van der Waals surface area contributed by atoms with Crippen LogP contribution in [0.25, 0.3) is 0 Å². The molecule has 0 unspecified atom stereocenters. The van der Waals surface area contributed by atoms with E-state index in [1.165, 1.54) is 11.8 Å². The molecule has 28 heavy (non-hydrogen) atoms. The fourth-order valence-electron chi connectivity index (χ4n) is 3.04. The Balaban J connectivity index is 1.34. The average Bonchev–Trinajstić information content (AvgIpc) is 3.22. The van der Waals surface area contributed by atoms with Crippen molar-refractivity contribution in [3.8, 4) is 6.07 Å². The lowest BCUT2D eigenvalue weighted by molar-refractivity contribution is -0.121. The summed E-state index contributed by atoms with van der Waals surface area (Å²) in [6.07, 6.45) is 1.53. The molecular formula is C20H23N5O3. The lowest BCUT2D eigenvalue weighted by Crippen LogP contribution is -2.50. The Morgan fingerprint density at radius 1 is 1.07 bits per heavy atom. The quantitative estimate of drug-likeness (QED) is 0.782. The molecule has 1 aliphatic heterocycles. The zero-order chi connectivity index (χ0) is 19.8. The summed E-state index contributed by atoms with van der Waals surface area (Å²) in [7, 11) is 0. The van der Waals surface area contributed by atoms with Gasteiger partial charge in [-0.2, -0.15) is 5.26 Å². The topological polar surface area (TPSA) is 102 Å². The third-order valence-electron chi connectivity index (χ3n) is 4.58. The van der Waals surface area contributed by atoms with E-state index >= 15 is 0 Å². The molecule has 0 bridgehead atoms. The van der Waals surface area contributed by atoms with Gasteiger partial charge in [0.15, 0.2) is 0 Å². The Hall–Kier alpha value is -3.15. The number of hydrogen-bond donors (Lipinski definition) is 2. The number of benzene rings is 1. The number of urea groups is 1. The van der Waals surface area contributed by atoms with Gasteiger partial charge >= 0.3 is 6.03 Å². The first kappa shape index (κ1) is 19.6. The first-order valence-electron chi connectivity index (χ1n) is 9.16. The fraction of sp³-hybridized carbons (Fsp3) is 0.350. The molecule has 1 aromatic carbocycles. The maximum absolute atomic E-state index is 12.0. The summed E-state index contributed by atoms with van der Waals surface area (Å²) in [6, 6.07) is 12.7. The molecule has 0 saturated carbocycles. The van der Waals surface area contributed by atoms with Crippen LogP contribution in [0.15, 0.2) is 47.1 Å². The van der Waals surface area contributed by atoms with Crippen molar-refractivity contribution in [2.45, 2.75) is 13.1 Å². The number of nitrogens with one attached hydrogen (secondary N) is 2. The predicted octanol–water partition coefficient (Wildman–Crippen LogP) is 1.29.